The molecule has 3 rings (SSSR count). The van der Waals surface area contributed by atoms with E-state index in [-0.39, 0.29) is 18.0 Å². The molecule has 3 N–H and O–H groups in total. The summed E-state index contributed by atoms with van der Waals surface area (Å²) in [5, 5.41) is 7.73. The fraction of sp³-hybridized carbons (Fsp3) is 0.500. The Balaban J connectivity index is 1.58. The number of benzene rings is 1. The van der Waals surface area contributed by atoms with E-state index in [1.807, 2.05) is 29.2 Å². The Kier molecular flexibility index (Phi) is 4.92. The largest absolute Gasteiger partial charge is 0.326 e. The molecule has 0 aliphatic carbocycles. The SMILES string of the molecule is C[C@@H]1CCCN(C(=O)Nc2ccc(C[C@H]3NC(=O)NC3=O)cc2)[C@@H]1C. The fourth-order valence-electron chi connectivity index (χ4n) is 3.38. The average Bonchev–Trinajstić information content (AvgIpc) is 2.89. The second kappa shape index (κ2) is 7.13. The van der Waals surface area contributed by atoms with Gasteiger partial charge in [-0.3, -0.25) is 10.1 Å². The van der Waals surface area contributed by atoms with Gasteiger partial charge in [-0.25, -0.2) is 9.59 Å². The van der Waals surface area contributed by atoms with Crippen LogP contribution in [-0.2, 0) is 11.2 Å². The van der Waals surface area contributed by atoms with Crippen molar-refractivity contribution in [2.75, 3.05) is 11.9 Å². The van der Waals surface area contributed by atoms with Crippen molar-refractivity contribution in [3.05, 3.63) is 29.8 Å². The first-order valence-corrected chi connectivity index (χ1v) is 8.72. The molecule has 2 saturated heterocycles. The smallest absolute Gasteiger partial charge is 0.322 e. The summed E-state index contributed by atoms with van der Waals surface area (Å²) in [5.41, 5.74) is 1.64. The number of anilines is 1. The first kappa shape index (κ1) is 17.3. The lowest BCUT2D eigenvalue weighted by atomic mass is 9.92. The molecule has 0 spiro atoms. The molecule has 2 heterocycles. The Labute approximate surface area is 147 Å². The number of imide groups is 1. The third-order valence-corrected chi connectivity index (χ3v) is 5.14. The van der Waals surface area contributed by atoms with E-state index in [4.69, 9.17) is 0 Å². The van der Waals surface area contributed by atoms with Gasteiger partial charge in [-0.05, 0) is 43.4 Å². The van der Waals surface area contributed by atoms with Gasteiger partial charge in [0.2, 0.25) is 0 Å². The lowest BCUT2D eigenvalue weighted by Crippen LogP contribution is -2.47. The number of urea groups is 2. The van der Waals surface area contributed by atoms with Crippen molar-refractivity contribution in [1.29, 1.82) is 0 Å². The molecule has 3 atom stereocenters. The van der Waals surface area contributed by atoms with Crippen LogP contribution < -0.4 is 16.0 Å². The standard InChI is InChI=1S/C18H24N4O3/c1-11-4-3-9-22(12(11)2)18(25)19-14-7-5-13(6-8-14)10-15-16(23)21-17(24)20-15/h5-8,11-12,15H,3-4,9-10H2,1-2H3,(H,19,25)(H2,20,21,23,24)/t11-,12-,15-/m1/s1. The summed E-state index contributed by atoms with van der Waals surface area (Å²) in [6.45, 7) is 5.05. The highest BCUT2D eigenvalue weighted by atomic mass is 16.2. The molecule has 25 heavy (non-hydrogen) atoms. The first-order chi connectivity index (χ1) is 11.9. The number of piperidine rings is 1. The molecule has 1 aromatic carbocycles. The zero-order valence-electron chi connectivity index (χ0n) is 14.5. The Morgan fingerprint density at radius 2 is 1.96 bits per heavy atom. The van der Waals surface area contributed by atoms with Gasteiger partial charge in [-0.15, -0.1) is 0 Å². The van der Waals surface area contributed by atoms with Crippen LogP contribution in [0.1, 0.15) is 32.3 Å². The van der Waals surface area contributed by atoms with Crippen LogP contribution >= 0.6 is 0 Å². The molecule has 0 bridgehead atoms. The molecule has 7 heteroatoms. The molecule has 5 amide bonds. The zero-order valence-corrected chi connectivity index (χ0v) is 14.5. The van der Waals surface area contributed by atoms with Gasteiger partial charge in [-0.2, -0.15) is 0 Å². The summed E-state index contributed by atoms with van der Waals surface area (Å²) >= 11 is 0. The van der Waals surface area contributed by atoms with Crippen molar-refractivity contribution in [2.24, 2.45) is 5.92 Å². The van der Waals surface area contributed by atoms with Gasteiger partial charge in [0, 0.05) is 24.7 Å². The van der Waals surface area contributed by atoms with Gasteiger partial charge in [0.05, 0.1) is 0 Å². The monoisotopic (exact) mass is 344 g/mol. The van der Waals surface area contributed by atoms with Gasteiger partial charge in [-0.1, -0.05) is 19.1 Å². The van der Waals surface area contributed by atoms with Crippen molar-refractivity contribution in [2.45, 2.75) is 45.2 Å². The van der Waals surface area contributed by atoms with Crippen LogP contribution in [0.3, 0.4) is 0 Å². The molecule has 2 aliphatic heterocycles. The van der Waals surface area contributed by atoms with Gasteiger partial charge >= 0.3 is 12.1 Å². The maximum atomic E-state index is 12.5. The highest BCUT2D eigenvalue weighted by molar-refractivity contribution is 6.04. The van der Waals surface area contributed by atoms with Gasteiger partial charge in [0.15, 0.2) is 0 Å². The average molecular weight is 344 g/mol. The number of nitrogens with zero attached hydrogens (tertiary/aromatic N) is 1. The third-order valence-electron chi connectivity index (χ3n) is 5.14. The maximum absolute atomic E-state index is 12.5. The van der Waals surface area contributed by atoms with Crippen molar-refractivity contribution >= 4 is 23.7 Å². The van der Waals surface area contributed by atoms with Gasteiger partial charge in [0.1, 0.15) is 6.04 Å². The summed E-state index contributed by atoms with van der Waals surface area (Å²) in [7, 11) is 0. The highest BCUT2D eigenvalue weighted by Gasteiger charge is 2.30. The molecule has 134 valence electrons. The van der Waals surface area contributed by atoms with Gasteiger partial charge < -0.3 is 15.5 Å². The van der Waals surface area contributed by atoms with E-state index in [9.17, 15) is 14.4 Å². The molecule has 0 unspecified atom stereocenters. The highest BCUT2D eigenvalue weighted by Crippen LogP contribution is 2.23. The lowest BCUT2D eigenvalue weighted by molar-refractivity contribution is -0.120. The van der Waals surface area contributed by atoms with Crippen LogP contribution in [0.4, 0.5) is 15.3 Å². The summed E-state index contributed by atoms with van der Waals surface area (Å²) in [4.78, 5) is 37.1. The number of likely N-dealkylation sites (tertiary alicyclic amines) is 1. The number of carbonyl (C=O) groups is 3. The number of carbonyl (C=O) groups excluding carboxylic acids is 3. The predicted octanol–water partition coefficient (Wildman–Crippen LogP) is 2.09. The summed E-state index contributed by atoms with van der Waals surface area (Å²) in [6, 6.07) is 6.52. The second-order valence-corrected chi connectivity index (χ2v) is 6.90. The van der Waals surface area contributed by atoms with Gasteiger partial charge in [0.25, 0.3) is 5.91 Å². The van der Waals surface area contributed by atoms with E-state index in [0.717, 1.165) is 30.6 Å². The van der Waals surface area contributed by atoms with E-state index in [2.05, 4.69) is 29.8 Å². The molecular weight excluding hydrogens is 320 g/mol. The summed E-state index contributed by atoms with van der Waals surface area (Å²) in [6.07, 6.45) is 2.62. The van der Waals surface area contributed by atoms with E-state index in [1.54, 1.807) is 0 Å². The topological polar surface area (TPSA) is 90.5 Å². The van der Waals surface area contributed by atoms with Crippen LogP contribution in [-0.4, -0.2) is 41.5 Å². The second-order valence-electron chi connectivity index (χ2n) is 6.90. The Hall–Kier alpha value is -2.57. The molecule has 1 aromatic rings. The number of hydrogen-bond donors (Lipinski definition) is 3. The molecule has 0 saturated carbocycles. The summed E-state index contributed by atoms with van der Waals surface area (Å²) < 4.78 is 0. The van der Waals surface area contributed by atoms with Crippen LogP contribution in [0.5, 0.6) is 0 Å². The molecule has 2 fully saturated rings. The van der Waals surface area contributed by atoms with E-state index in [0.29, 0.717) is 12.3 Å². The number of amides is 5. The number of rotatable bonds is 3. The molecule has 0 radical (unpaired) electrons. The third kappa shape index (κ3) is 3.92. The molecule has 2 aliphatic rings. The van der Waals surface area contributed by atoms with Crippen LogP contribution in [0.25, 0.3) is 0 Å². The van der Waals surface area contributed by atoms with Crippen molar-refractivity contribution in [3.8, 4) is 0 Å². The van der Waals surface area contributed by atoms with E-state index >= 15 is 0 Å². The molecular formula is C18H24N4O3. The minimum Gasteiger partial charge on any atom is -0.326 e. The van der Waals surface area contributed by atoms with E-state index < -0.39 is 12.1 Å². The van der Waals surface area contributed by atoms with Crippen molar-refractivity contribution in [1.82, 2.24) is 15.5 Å². The summed E-state index contributed by atoms with van der Waals surface area (Å²) in [5.74, 6) is 0.199. The Morgan fingerprint density at radius 3 is 2.60 bits per heavy atom. The lowest BCUT2D eigenvalue weighted by Gasteiger charge is -2.37. The quantitative estimate of drug-likeness (QED) is 0.733. The van der Waals surface area contributed by atoms with E-state index in [1.165, 1.54) is 0 Å². The maximum Gasteiger partial charge on any atom is 0.322 e. The first-order valence-electron chi connectivity index (χ1n) is 8.72. The molecule has 7 nitrogen and oxygen atoms in total. The van der Waals surface area contributed by atoms with Crippen LogP contribution in [0.2, 0.25) is 0 Å². The van der Waals surface area contributed by atoms with Crippen molar-refractivity contribution < 1.29 is 14.4 Å². The number of hydrogen-bond acceptors (Lipinski definition) is 3. The van der Waals surface area contributed by atoms with Crippen LogP contribution in [0, 0.1) is 5.92 Å². The molecule has 0 aromatic heterocycles. The normalized spacial score (nSPS) is 26.2. The minimum absolute atomic E-state index is 0.0748. The predicted molar refractivity (Wildman–Crippen MR) is 94.2 cm³/mol. The van der Waals surface area contributed by atoms with Crippen LogP contribution in [0.15, 0.2) is 24.3 Å². The fourth-order valence-corrected chi connectivity index (χ4v) is 3.38. The minimum atomic E-state index is -0.538. The van der Waals surface area contributed by atoms with Crippen molar-refractivity contribution in [3.63, 3.8) is 0 Å². The number of nitrogens with one attached hydrogen (secondary N) is 3. The Bertz CT molecular complexity index is 673. The zero-order chi connectivity index (χ0) is 18.0. The Morgan fingerprint density at radius 1 is 1.24 bits per heavy atom.